The molecule has 0 unspecified atom stereocenters. The van der Waals surface area contributed by atoms with Gasteiger partial charge in [0.2, 0.25) is 15.9 Å². The van der Waals surface area contributed by atoms with Crippen LogP contribution in [0.4, 0.5) is 0 Å². The van der Waals surface area contributed by atoms with Crippen LogP contribution in [0.25, 0.3) is 0 Å². The average Bonchev–Trinajstić information content (AvgIpc) is 2.70. The zero-order valence-corrected chi connectivity index (χ0v) is 20.5. The standard InChI is InChI=1S/C23H33N3O4S/c1-13-11-24-20(19(7)22(13)30-8)12-25-21(27)9-10-26-31(28,29)23-17(5)15(3)14(2)16(4)18(23)6/h11,26H,9-10,12H2,1-8H3,(H,25,27). The highest BCUT2D eigenvalue weighted by molar-refractivity contribution is 7.89. The number of aromatic nitrogens is 1. The maximum absolute atomic E-state index is 12.9. The summed E-state index contributed by atoms with van der Waals surface area (Å²) in [4.78, 5) is 16.9. The molecule has 1 aromatic heterocycles. The molecule has 1 heterocycles. The number of methoxy groups -OCH3 is 1. The monoisotopic (exact) mass is 447 g/mol. The normalized spacial score (nSPS) is 11.5. The summed E-state index contributed by atoms with van der Waals surface area (Å²) >= 11 is 0. The minimum atomic E-state index is -3.73. The number of nitrogens with one attached hydrogen (secondary N) is 2. The van der Waals surface area contributed by atoms with Gasteiger partial charge in [-0.15, -0.1) is 0 Å². The van der Waals surface area contributed by atoms with E-state index in [1.807, 2.05) is 48.5 Å². The average molecular weight is 448 g/mol. The highest BCUT2D eigenvalue weighted by Crippen LogP contribution is 2.29. The van der Waals surface area contributed by atoms with Crippen LogP contribution in [0.2, 0.25) is 0 Å². The van der Waals surface area contributed by atoms with E-state index in [1.165, 1.54) is 0 Å². The summed E-state index contributed by atoms with van der Waals surface area (Å²) in [5.74, 6) is 0.495. The van der Waals surface area contributed by atoms with Gasteiger partial charge in [-0.05, 0) is 76.3 Å². The molecule has 2 aromatic rings. The number of ether oxygens (including phenoxy) is 1. The second-order valence-corrected chi connectivity index (χ2v) is 9.63. The molecule has 0 bridgehead atoms. The van der Waals surface area contributed by atoms with Gasteiger partial charge >= 0.3 is 0 Å². The van der Waals surface area contributed by atoms with Gasteiger partial charge in [-0.1, -0.05) is 0 Å². The van der Waals surface area contributed by atoms with E-state index in [9.17, 15) is 13.2 Å². The third kappa shape index (κ3) is 5.25. The summed E-state index contributed by atoms with van der Waals surface area (Å²) in [7, 11) is -2.12. The third-order valence-corrected chi connectivity index (χ3v) is 7.78. The second kappa shape index (κ2) is 9.78. The Balaban J connectivity index is 2.02. The number of carbonyl (C=O) groups excluding carboxylic acids is 1. The lowest BCUT2D eigenvalue weighted by Gasteiger charge is -2.19. The summed E-state index contributed by atoms with van der Waals surface area (Å²) in [6.45, 7) is 13.6. The van der Waals surface area contributed by atoms with Gasteiger partial charge in [-0.25, -0.2) is 13.1 Å². The van der Waals surface area contributed by atoms with E-state index < -0.39 is 10.0 Å². The number of rotatable bonds is 8. The van der Waals surface area contributed by atoms with E-state index in [-0.39, 0.29) is 25.4 Å². The predicted molar refractivity (Wildman–Crippen MR) is 122 cm³/mol. The molecule has 0 saturated carbocycles. The van der Waals surface area contributed by atoms with Gasteiger partial charge in [0.05, 0.1) is 24.2 Å². The molecular formula is C23H33N3O4S. The van der Waals surface area contributed by atoms with Crippen molar-refractivity contribution in [1.29, 1.82) is 0 Å². The Bertz CT molecular complexity index is 1080. The quantitative estimate of drug-likeness (QED) is 0.647. The number of pyridine rings is 1. The maximum Gasteiger partial charge on any atom is 0.241 e. The summed E-state index contributed by atoms with van der Waals surface area (Å²) in [6, 6.07) is 0. The third-order valence-electron chi connectivity index (χ3n) is 6.05. The first-order chi connectivity index (χ1) is 14.4. The highest BCUT2D eigenvalue weighted by Gasteiger charge is 2.23. The Morgan fingerprint density at radius 1 is 0.935 bits per heavy atom. The SMILES string of the molecule is COc1c(C)cnc(CNC(=O)CCNS(=O)(=O)c2c(C)c(C)c(C)c(C)c2C)c1C. The van der Waals surface area contributed by atoms with Crippen molar-refractivity contribution in [2.75, 3.05) is 13.7 Å². The van der Waals surface area contributed by atoms with Crippen LogP contribution in [0.1, 0.15) is 51.1 Å². The number of nitrogens with zero attached hydrogens (tertiary/aromatic N) is 1. The predicted octanol–water partition coefficient (Wildman–Crippen LogP) is 3.23. The molecule has 1 amide bonds. The molecule has 0 fully saturated rings. The molecule has 0 atom stereocenters. The van der Waals surface area contributed by atoms with Gasteiger partial charge in [0, 0.05) is 30.3 Å². The van der Waals surface area contributed by atoms with Crippen molar-refractivity contribution < 1.29 is 17.9 Å². The van der Waals surface area contributed by atoms with Crippen molar-refractivity contribution >= 4 is 15.9 Å². The van der Waals surface area contributed by atoms with Crippen molar-refractivity contribution in [2.45, 2.75) is 66.3 Å². The zero-order valence-electron chi connectivity index (χ0n) is 19.7. The zero-order chi connectivity index (χ0) is 23.5. The van der Waals surface area contributed by atoms with Crippen LogP contribution in [0.3, 0.4) is 0 Å². The molecule has 0 radical (unpaired) electrons. The van der Waals surface area contributed by atoms with Crippen LogP contribution in [-0.2, 0) is 21.4 Å². The fourth-order valence-electron chi connectivity index (χ4n) is 3.76. The van der Waals surface area contributed by atoms with Gasteiger partial charge in [0.25, 0.3) is 0 Å². The van der Waals surface area contributed by atoms with Gasteiger partial charge < -0.3 is 10.1 Å². The summed E-state index contributed by atoms with van der Waals surface area (Å²) < 4.78 is 33.8. The summed E-state index contributed by atoms with van der Waals surface area (Å²) in [6.07, 6.45) is 1.74. The fourth-order valence-corrected chi connectivity index (χ4v) is 5.39. The van der Waals surface area contributed by atoms with E-state index in [0.717, 1.165) is 44.7 Å². The maximum atomic E-state index is 12.9. The van der Waals surface area contributed by atoms with E-state index in [0.29, 0.717) is 10.6 Å². The van der Waals surface area contributed by atoms with E-state index in [2.05, 4.69) is 15.0 Å². The highest BCUT2D eigenvalue weighted by atomic mass is 32.2. The first kappa shape index (κ1) is 24.8. The number of benzene rings is 1. The molecule has 31 heavy (non-hydrogen) atoms. The Kier molecular flexibility index (Phi) is 7.83. The molecule has 0 aliphatic heterocycles. The minimum Gasteiger partial charge on any atom is -0.496 e. The van der Waals surface area contributed by atoms with Crippen LogP contribution in [0.15, 0.2) is 11.1 Å². The number of carbonyl (C=O) groups is 1. The van der Waals surface area contributed by atoms with Crippen LogP contribution in [0.5, 0.6) is 5.75 Å². The summed E-state index contributed by atoms with van der Waals surface area (Å²) in [5, 5.41) is 2.79. The van der Waals surface area contributed by atoms with Gasteiger partial charge in [-0.3, -0.25) is 9.78 Å². The first-order valence-corrected chi connectivity index (χ1v) is 11.7. The van der Waals surface area contributed by atoms with Crippen LogP contribution in [0, 0.1) is 48.5 Å². The molecule has 0 spiro atoms. The van der Waals surface area contributed by atoms with Crippen molar-refractivity contribution in [3.63, 3.8) is 0 Å². The number of amides is 1. The van der Waals surface area contributed by atoms with Crippen LogP contribution < -0.4 is 14.8 Å². The molecular weight excluding hydrogens is 414 g/mol. The van der Waals surface area contributed by atoms with Gasteiger partial charge in [-0.2, -0.15) is 0 Å². The number of hydrogen-bond acceptors (Lipinski definition) is 5. The molecule has 8 heteroatoms. The molecule has 0 aliphatic carbocycles. The number of sulfonamides is 1. The first-order valence-electron chi connectivity index (χ1n) is 10.2. The molecule has 0 aliphatic rings. The van der Waals surface area contributed by atoms with E-state index in [1.54, 1.807) is 13.3 Å². The second-order valence-electron chi connectivity index (χ2n) is 7.92. The molecule has 2 N–H and O–H groups in total. The lowest BCUT2D eigenvalue weighted by molar-refractivity contribution is -0.121. The smallest absolute Gasteiger partial charge is 0.241 e. The van der Waals surface area contributed by atoms with Crippen molar-refractivity contribution in [3.8, 4) is 5.75 Å². The fraction of sp³-hybridized carbons (Fsp3) is 0.478. The Labute approximate surface area is 185 Å². The lowest BCUT2D eigenvalue weighted by Crippen LogP contribution is -2.31. The number of aryl methyl sites for hydroxylation is 1. The molecule has 2 rings (SSSR count). The van der Waals surface area contributed by atoms with Crippen LogP contribution >= 0.6 is 0 Å². The summed E-state index contributed by atoms with van der Waals surface area (Å²) in [5.41, 5.74) is 7.05. The topological polar surface area (TPSA) is 97.4 Å². The molecule has 1 aromatic carbocycles. The van der Waals surface area contributed by atoms with Crippen molar-refractivity contribution in [3.05, 3.63) is 50.8 Å². The number of hydrogen-bond donors (Lipinski definition) is 2. The largest absolute Gasteiger partial charge is 0.496 e. The Morgan fingerprint density at radius 3 is 2.03 bits per heavy atom. The van der Waals surface area contributed by atoms with Crippen molar-refractivity contribution in [1.82, 2.24) is 15.0 Å². The van der Waals surface area contributed by atoms with Gasteiger partial charge in [0.1, 0.15) is 5.75 Å². The molecule has 7 nitrogen and oxygen atoms in total. The molecule has 0 saturated heterocycles. The molecule has 170 valence electrons. The van der Waals surface area contributed by atoms with E-state index in [4.69, 9.17) is 4.74 Å². The lowest BCUT2D eigenvalue weighted by atomic mass is 9.95. The Hall–Kier alpha value is -2.45. The van der Waals surface area contributed by atoms with Crippen molar-refractivity contribution in [2.24, 2.45) is 0 Å². The van der Waals surface area contributed by atoms with Crippen LogP contribution in [-0.4, -0.2) is 33.0 Å². The van der Waals surface area contributed by atoms with E-state index >= 15 is 0 Å². The Morgan fingerprint density at radius 2 is 1.48 bits per heavy atom. The van der Waals surface area contributed by atoms with Gasteiger partial charge in [0.15, 0.2) is 0 Å². The minimum absolute atomic E-state index is 0.0165.